The summed E-state index contributed by atoms with van der Waals surface area (Å²) >= 11 is 6.97. The van der Waals surface area contributed by atoms with Gasteiger partial charge in [-0.05, 0) is 50.3 Å². The Hall–Kier alpha value is 0.0700. The van der Waals surface area contributed by atoms with Crippen LogP contribution in [-0.4, -0.2) is 11.0 Å². The second-order valence-electron chi connectivity index (χ2n) is 3.24. The van der Waals surface area contributed by atoms with Gasteiger partial charge in [-0.15, -0.1) is 0 Å². The van der Waals surface area contributed by atoms with E-state index in [1.807, 2.05) is 12.4 Å². The van der Waals surface area contributed by atoms with E-state index in [0.717, 1.165) is 21.5 Å². The Morgan fingerprint density at radius 2 is 1.92 bits per heavy atom. The van der Waals surface area contributed by atoms with Crippen molar-refractivity contribution in [1.29, 1.82) is 0 Å². The van der Waals surface area contributed by atoms with Crippen molar-refractivity contribution in [2.75, 3.05) is 0 Å². The summed E-state index contributed by atoms with van der Waals surface area (Å²) in [5.41, 5.74) is 1.25. The van der Waals surface area contributed by atoms with Gasteiger partial charge in [-0.1, -0.05) is 0 Å². The van der Waals surface area contributed by atoms with Crippen LogP contribution in [0.15, 0.2) is 21.3 Å². The van der Waals surface area contributed by atoms with Gasteiger partial charge in [-0.3, -0.25) is 4.98 Å². The van der Waals surface area contributed by atoms with Crippen molar-refractivity contribution in [3.8, 4) is 0 Å². The van der Waals surface area contributed by atoms with E-state index in [0.29, 0.717) is 0 Å². The quantitative estimate of drug-likeness (QED) is 0.929. The van der Waals surface area contributed by atoms with E-state index in [1.165, 1.54) is 18.4 Å². The molecular formula is C9H10Br2N2. The average Bonchev–Trinajstić information content (AvgIpc) is 2.87. The van der Waals surface area contributed by atoms with Crippen LogP contribution in [0.2, 0.25) is 0 Å². The fraction of sp³-hybridized carbons (Fsp3) is 0.444. The molecule has 0 spiro atoms. The van der Waals surface area contributed by atoms with E-state index in [-0.39, 0.29) is 0 Å². The maximum atomic E-state index is 4.07. The fourth-order valence-electron chi connectivity index (χ4n) is 1.14. The first-order valence-electron chi connectivity index (χ1n) is 4.28. The van der Waals surface area contributed by atoms with Crippen LogP contribution in [0.25, 0.3) is 0 Å². The van der Waals surface area contributed by atoms with E-state index in [2.05, 4.69) is 42.2 Å². The Morgan fingerprint density at radius 1 is 1.31 bits per heavy atom. The highest BCUT2D eigenvalue weighted by Gasteiger charge is 2.20. The normalized spacial score (nSPS) is 16.2. The monoisotopic (exact) mass is 304 g/mol. The fourth-order valence-corrected chi connectivity index (χ4v) is 2.35. The molecule has 1 heterocycles. The van der Waals surface area contributed by atoms with Crippen LogP contribution < -0.4 is 5.32 Å². The van der Waals surface area contributed by atoms with Gasteiger partial charge in [-0.2, -0.15) is 0 Å². The first-order valence-corrected chi connectivity index (χ1v) is 5.87. The average molecular weight is 306 g/mol. The molecule has 1 fully saturated rings. The van der Waals surface area contributed by atoms with E-state index in [1.54, 1.807) is 0 Å². The van der Waals surface area contributed by atoms with E-state index < -0.39 is 0 Å². The number of hydrogen-bond acceptors (Lipinski definition) is 2. The van der Waals surface area contributed by atoms with E-state index >= 15 is 0 Å². The van der Waals surface area contributed by atoms with Crippen molar-refractivity contribution >= 4 is 31.9 Å². The second-order valence-corrected chi connectivity index (χ2v) is 4.95. The summed E-state index contributed by atoms with van der Waals surface area (Å²) in [6.45, 7) is 0.911. The molecule has 0 atom stereocenters. The Balaban J connectivity index is 2.07. The van der Waals surface area contributed by atoms with Crippen LogP contribution in [0.1, 0.15) is 18.4 Å². The predicted octanol–water partition coefficient (Wildman–Crippen LogP) is 2.86. The number of nitrogens with one attached hydrogen (secondary N) is 1. The molecule has 2 nitrogen and oxygen atoms in total. The number of pyridine rings is 1. The maximum absolute atomic E-state index is 4.07. The Kier molecular flexibility index (Phi) is 3.01. The van der Waals surface area contributed by atoms with Gasteiger partial charge in [0.1, 0.15) is 0 Å². The molecule has 0 aromatic carbocycles. The minimum atomic E-state index is 0.743. The molecule has 4 heteroatoms. The van der Waals surface area contributed by atoms with Gasteiger partial charge in [0, 0.05) is 33.9 Å². The topological polar surface area (TPSA) is 24.9 Å². The first-order chi connectivity index (χ1) is 6.27. The Bertz CT molecular complexity index is 290. The zero-order valence-electron chi connectivity index (χ0n) is 7.06. The molecule has 2 rings (SSSR count). The van der Waals surface area contributed by atoms with Gasteiger partial charge < -0.3 is 5.32 Å². The Morgan fingerprint density at radius 3 is 2.46 bits per heavy atom. The smallest absolute Gasteiger partial charge is 0.0415 e. The van der Waals surface area contributed by atoms with E-state index in [9.17, 15) is 0 Å². The lowest BCUT2D eigenvalue weighted by molar-refractivity contribution is 0.683. The predicted molar refractivity (Wildman–Crippen MR) is 59.5 cm³/mol. The van der Waals surface area contributed by atoms with Crippen molar-refractivity contribution in [2.45, 2.75) is 25.4 Å². The molecule has 70 valence electrons. The van der Waals surface area contributed by atoms with Crippen molar-refractivity contribution in [3.05, 3.63) is 26.9 Å². The summed E-state index contributed by atoms with van der Waals surface area (Å²) in [6, 6.07) is 0.743. The third-order valence-corrected chi connectivity index (χ3v) is 3.46. The lowest BCUT2D eigenvalue weighted by atomic mass is 10.3. The summed E-state index contributed by atoms with van der Waals surface area (Å²) in [5, 5.41) is 3.47. The lowest BCUT2D eigenvalue weighted by Crippen LogP contribution is -2.16. The van der Waals surface area contributed by atoms with Gasteiger partial charge >= 0.3 is 0 Å². The summed E-state index contributed by atoms with van der Waals surface area (Å²) < 4.78 is 2.13. The highest BCUT2D eigenvalue weighted by molar-refractivity contribution is 9.11. The van der Waals surface area contributed by atoms with Gasteiger partial charge in [-0.25, -0.2) is 0 Å². The van der Waals surface area contributed by atoms with Crippen LogP contribution in [-0.2, 0) is 6.54 Å². The number of nitrogens with zero attached hydrogens (tertiary/aromatic N) is 1. The molecular weight excluding hydrogens is 296 g/mol. The second kappa shape index (κ2) is 4.07. The van der Waals surface area contributed by atoms with Crippen LogP contribution in [0, 0.1) is 0 Å². The van der Waals surface area contributed by atoms with Crippen LogP contribution in [0.4, 0.5) is 0 Å². The third kappa shape index (κ3) is 2.51. The minimum absolute atomic E-state index is 0.743. The number of halogens is 2. The van der Waals surface area contributed by atoms with Crippen LogP contribution in [0.5, 0.6) is 0 Å². The summed E-state index contributed by atoms with van der Waals surface area (Å²) in [4.78, 5) is 4.07. The van der Waals surface area contributed by atoms with Gasteiger partial charge in [0.05, 0.1) is 0 Å². The molecule has 0 bridgehead atoms. The molecule has 0 unspecified atom stereocenters. The maximum Gasteiger partial charge on any atom is 0.0415 e. The van der Waals surface area contributed by atoms with Gasteiger partial charge in [0.15, 0.2) is 0 Å². The zero-order chi connectivity index (χ0) is 9.26. The van der Waals surface area contributed by atoms with Crippen molar-refractivity contribution < 1.29 is 0 Å². The molecule has 1 saturated carbocycles. The van der Waals surface area contributed by atoms with Gasteiger partial charge in [0.25, 0.3) is 0 Å². The zero-order valence-corrected chi connectivity index (χ0v) is 10.2. The molecule has 13 heavy (non-hydrogen) atoms. The van der Waals surface area contributed by atoms with Gasteiger partial charge in [0.2, 0.25) is 0 Å². The number of rotatable bonds is 3. The minimum Gasteiger partial charge on any atom is -0.310 e. The molecule has 0 amide bonds. The third-order valence-electron chi connectivity index (χ3n) is 2.10. The SMILES string of the molecule is Brc1cncc(Br)c1CNC1CC1. The molecule has 1 aromatic heterocycles. The van der Waals surface area contributed by atoms with Crippen LogP contribution >= 0.6 is 31.9 Å². The first kappa shape index (κ1) is 9.62. The molecule has 1 aromatic rings. The van der Waals surface area contributed by atoms with Crippen molar-refractivity contribution in [2.24, 2.45) is 0 Å². The standard InChI is InChI=1S/C9H10Br2N2/c10-8-4-12-5-9(11)7(8)3-13-6-1-2-6/h4-6,13H,1-3H2. The number of hydrogen-bond donors (Lipinski definition) is 1. The molecule has 0 saturated heterocycles. The number of aromatic nitrogens is 1. The molecule has 1 aliphatic rings. The molecule has 1 N–H and O–H groups in total. The summed E-state index contributed by atoms with van der Waals surface area (Å²) in [6.07, 6.45) is 6.30. The van der Waals surface area contributed by atoms with Crippen LogP contribution in [0.3, 0.4) is 0 Å². The Labute approximate surface area is 94.4 Å². The summed E-state index contributed by atoms with van der Waals surface area (Å²) in [5.74, 6) is 0. The molecule has 0 aliphatic heterocycles. The molecule has 0 radical (unpaired) electrons. The largest absolute Gasteiger partial charge is 0.310 e. The lowest BCUT2D eigenvalue weighted by Gasteiger charge is -2.07. The van der Waals surface area contributed by atoms with Crippen molar-refractivity contribution in [3.63, 3.8) is 0 Å². The van der Waals surface area contributed by atoms with E-state index in [4.69, 9.17) is 0 Å². The summed E-state index contributed by atoms with van der Waals surface area (Å²) in [7, 11) is 0. The molecule has 1 aliphatic carbocycles. The van der Waals surface area contributed by atoms with Crippen molar-refractivity contribution in [1.82, 2.24) is 10.3 Å². The highest BCUT2D eigenvalue weighted by atomic mass is 79.9. The highest BCUT2D eigenvalue weighted by Crippen LogP contribution is 2.25.